The first-order valence-corrected chi connectivity index (χ1v) is 9.62. The second-order valence-electron chi connectivity index (χ2n) is 6.76. The number of aryl methyl sites for hydroxylation is 1. The van der Waals surface area contributed by atoms with E-state index in [4.69, 9.17) is 0 Å². The quantitative estimate of drug-likeness (QED) is 0.513. The van der Waals surface area contributed by atoms with Crippen molar-refractivity contribution in [1.29, 1.82) is 0 Å². The zero-order chi connectivity index (χ0) is 22.2. The molecule has 0 aliphatic carbocycles. The van der Waals surface area contributed by atoms with E-state index >= 15 is 0 Å². The molecule has 3 aromatic rings. The van der Waals surface area contributed by atoms with Gasteiger partial charge < -0.3 is 16.0 Å². The summed E-state index contributed by atoms with van der Waals surface area (Å²) in [4.78, 5) is 26.4. The first kappa shape index (κ1) is 21.8. The van der Waals surface area contributed by atoms with Gasteiger partial charge in [-0.05, 0) is 61.0 Å². The lowest BCUT2D eigenvalue weighted by Crippen LogP contribution is -2.42. The Balaban J connectivity index is 1.65. The van der Waals surface area contributed by atoms with Crippen molar-refractivity contribution in [1.82, 2.24) is 5.32 Å². The molecule has 31 heavy (non-hydrogen) atoms. The summed E-state index contributed by atoms with van der Waals surface area (Å²) in [6.07, 6.45) is 0. The highest BCUT2D eigenvalue weighted by molar-refractivity contribution is 6.02. The van der Waals surface area contributed by atoms with Gasteiger partial charge in [-0.1, -0.05) is 24.3 Å². The summed E-state index contributed by atoms with van der Waals surface area (Å²) in [6, 6.07) is 17.4. The molecule has 0 aliphatic rings. The summed E-state index contributed by atoms with van der Waals surface area (Å²) >= 11 is 0. The van der Waals surface area contributed by atoms with Crippen LogP contribution in [0.2, 0.25) is 0 Å². The summed E-state index contributed by atoms with van der Waals surface area (Å²) in [6.45, 7) is 2.11. The average Bonchev–Trinajstić information content (AvgIpc) is 2.74. The number of hydrogen-bond donors (Lipinski definition) is 3. The van der Waals surface area contributed by atoms with Crippen LogP contribution >= 0.6 is 0 Å². The lowest BCUT2D eigenvalue weighted by Gasteiger charge is -2.24. The van der Waals surface area contributed by atoms with Crippen LogP contribution in [0.1, 0.15) is 5.56 Å². The van der Waals surface area contributed by atoms with Crippen LogP contribution in [0, 0.1) is 18.6 Å². The number of benzene rings is 3. The Morgan fingerprint density at radius 2 is 1.61 bits per heavy atom. The molecule has 3 N–H and O–H groups in total. The third-order valence-electron chi connectivity index (χ3n) is 4.47. The maximum absolute atomic E-state index is 13.3. The number of rotatable bonds is 6. The predicted molar refractivity (Wildman–Crippen MR) is 117 cm³/mol. The van der Waals surface area contributed by atoms with Crippen molar-refractivity contribution >= 4 is 29.1 Å². The Morgan fingerprint density at radius 3 is 2.32 bits per heavy atom. The van der Waals surface area contributed by atoms with Gasteiger partial charge in [-0.2, -0.15) is 0 Å². The first-order valence-electron chi connectivity index (χ1n) is 9.62. The molecule has 0 heterocycles. The monoisotopic (exact) mass is 424 g/mol. The standard InChI is InChI=1S/C23H22F2N4O2/c1-16-5-2-3-8-21(16)28-23(31)29(20-11-9-17(24)10-12-20)14-13-26-22(30)27-19-7-4-6-18(25)15-19/h2-12,15H,13-14H2,1H3,(H,28,31)(H2,26,27,30). The van der Waals surface area contributed by atoms with E-state index < -0.39 is 23.7 Å². The van der Waals surface area contributed by atoms with Gasteiger partial charge in [0, 0.05) is 30.2 Å². The minimum Gasteiger partial charge on any atom is -0.336 e. The molecule has 0 unspecified atom stereocenters. The molecule has 0 saturated carbocycles. The van der Waals surface area contributed by atoms with E-state index in [-0.39, 0.29) is 13.1 Å². The molecular weight excluding hydrogens is 402 g/mol. The van der Waals surface area contributed by atoms with Crippen LogP contribution in [0.5, 0.6) is 0 Å². The second kappa shape index (κ2) is 10.2. The van der Waals surface area contributed by atoms with Gasteiger partial charge in [-0.25, -0.2) is 18.4 Å². The Kier molecular flexibility index (Phi) is 7.16. The molecule has 0 bridgehead atoms. The fourth-order valence-electron chi connectivity index (χ4n) is 2.89. The first-order chi connectivity index (χ1) is 14.9. The molecular formula is C23H22F2N4O2. The lowest BCUT2D eigenvalue weighted by molar-refractivity contribution is 0.250. The van der Waals surface area contributed by atoms with Crippen LogP contribution in [0.4, 0.5) is 35.4 Å². The van der Waals surface area contributed by atoms with E-state index in [1.165, 1.54) is 47.4 Å². The average molecular weight is 424 g/mol. The molecule has 0 aromatic heterocycles. The van der Waals surface area contributed by atoms with Gasteiger partial charge in [-0.15, -0.1) is 0 Å². The summed E-state index contributed by atoms with van der Waals surface area (Å²) in [7, 11) is 0. The van der Waals surface area contributed by atoms with Crippen molar-refractivity contribution < 1.29 is 18.4 Å². The molecule has 0 saturated heterocycles. The normalized spacial score (nSPS) is 10.3. The minimum absolute atomic E-state index is 0.111. The number of nitrogens with zero attached hydrogens (tertiary/aromatic N) is 1. The molecule has 3 aromatic carbocycles. The van der Waals surface area contributed by atoms with Gasteiger partial charge in [0.05, 0.1) is 0 Å². The van der Waals surface area contributed by atoms with Gasteiger partial charge in [0.2, 0.25) is 0 Å². The van der Waals surface area contributed by atoms with E-state index in [9.17, 15) is 18.4 Å². The molecule has 0 atom stereocenters. The van der Waals surface area contributed by atoms with Crippen molar-refractivity contribution in [2.75, 3.05) is 28.6 Å². The number of hydrogen-bond acceptors (Lipinski definition) is 2. The number of amides is 4. The summed E-state index contributed by atoms with van der Waals surface area (Å²) in [5.41, 5.74) is 2.32. The van der Waals surface area contributed by atoms with Gasteiger partial charge in [-0.3, -0.25) is 4.90 Å². The fraction of sp³-hybridized carbons (Fsp3) is 0.130. The highest BCUT2D eigenvalue weighted by Crippen LogP contribution is 2.18. The molecule has 0 fully saturated rings. The topological polar surface area (TPSA) is 73.5 Å². The largest absolute Gasteiger partial charge is 0.336 e. The zero-order valence-corrected chi connectivity index (χ0v) is 16.9. The van der Waals surface area contributed by atoms with E-state index in [0.29, 0.717) is 17.1 Å². The lowest BCUT2D eigenvalue weighted by atomic mass is 10.2. The molecule has 0 spiro atoms. The van der Waals surface area contributed by atoms with Crippen molar-refractivity contribution in [3.8, 4) is 0 Å². The predicted octanol–water partition coefficient (Wildman–Crippen LogP) is 5.13. The number of nitrogens with one attached hydrogen (secondary N) is 3. The van der Waals surface area contributed by atoms with E-state index in [1.807, 2.05) is 25.1 Å². The molecule has 6 nitrogen and oxygen atoms in total. The molecule has 8 heteroatoms. The van der Waals surface area contributed by atoms with Crippen LogP contribution in [0.15, 0.2) is 72.8 Å². The van der Waals surface area contributed by atoms with E-state index in [1.54, 1.807) is 12.1 Å². The van der Waals surface area contributed by atoms with Gasteiger partial charge >= 0.3 is 12.1 Å². The van der Waals surface area contributed by atoms with Gasteiger partial charge in [0.15, 0.2) is 0 Å². The summed E-state index contributed by atoms with van der Waals surface area (Å²) in [5.74, 6) is -0.885. The third-order valence-corrected chi connectivity index (χ3v) is 4.47. The fourth-order valence-corrected chi connectivity index (χ4v) is 2.89. The van der Waals surface area contributed by atoms with Crippen LogP contribution in [-0.2, 0) is 0 Å². The highest BCUT2D eigenvalue weighted by atomic mass is 19.1. The SMILES string of the molecule is Cc1ccccc1NC(=O)N(CCNC(=O)Nc1cccc(F)c1)c1ccc(F)cc1. The molecule has 0 aliphatic heterocycles. The molecule has 4 amide bonds. The number of carbonyl (C=O) groups is 2. The highest BCUT2D eigenvalue weighted by Gasteiger charge is 2.17. The number of halogens is 2. The Hall–Kier alpha value is -3.94. The van der Waals surface area contributed by atoms with Crippen LogP contribution in [0.25, 0.3) is 0 Å². The number of anilines is 3. The van der Waals surface area contributed by atoms with Crippen LogP contribution in [-0.4, -0.2) is 25.2 Å². The number of urea groups is 2. The number of carbonyl (C=O) groups excluding carboxylic acids is 2. The van der Waals surface area contributed by atoms with Crippen molar-refractivity contribution in [2.45, 2.75) is 6.92 Å². The van der Waals surface area contributed by atoms with E-state index in [0.717, 1.165) is 5.56 Å². The smallest absolute Gasteiger partial charge is 0.326 e. The third kappa shape index (κ3) is 6.27. The molecule has 3 rings (SSSR count). The van der Waals surface area contributed by atoms with Crippen LogP contribution < -0.4 is 20.9 Å². The maximum atomic E-state index is 13.3. The molecule has 0 radical (unpaired) electrons. The van der Waals surface area contributed by atoms with E-state index in [2.05, 4.69) is 16.0 Å². The summed E-state index contributed by atoms with van der Waals surface area (Å²) < 4.78 is 26.6. The van der Waals surface area contributed by atoms with Crippen LogP contribution in [0.3, 0.4) is 0 Å². The Labute approximate surface area is 178 Å². The van der Waals surface area contributed by atoms with Crippen molar-refractivity contribution in [3.05, 3.63) is 90.0 Å². The Bertz CT molecular complexity index is 1060. The van der Waals surface area contributed by atoms with Gasteiger partial charge in [0.1, 0.15) is 11.6 Å². The summed E-state index contributed by atoms with van der Waals surface area (Å²) in [5, 5.41) is 7.98. The zero-order valence-electron chi connectivity index (χ0n) is 16.9. The maximum Gasteiger partial charge on any atom is 0.326 e. The second-order valence-corrected chi connectivity index (χ2v) is 6.76. The van der Waals surface area contributed by atoms with Crippen molar-refractivity contribution in [3.63, 3.8) is 0 Å². The number of para-hydroxylation sites is 1. The van der Waals surface area contributed by atoms with Gasteiger partial charge in [0.25, 0.3) is 0 Å². The van der Waals surface area contributed by atoms with Crippen molar-refractivity contribution in [2.24, 2.45) is 0 Å². The minimum atomic E-state index is -0.538. The molecule has 160 valence electrons. The Morgan fingerprint density at radius 1 is 0.871 bits per heavy atom.